The fourth-order valence-corrected chi connectivity index (χ4v) is 2.08. The van der Waals surface area contributed by atoms with Crippen LogP contribution < -0.4 is 10.1 Å². The molecule has 0 radical (unpaired) electrons. The molecule has 1 saturated heterocycles. The Labute approximate surface area is 102 Å². The van der Waals surface area contributed by atoms with E-state index in [-0.39, 0.29) is 0 Å². The van der Waals surface area contributed by atoms with Crippen LogP contribution in [-0.4, -0.2) is 24.7 Å². The number of ether oxygens (including phenoxy) is 1. The van der Waals surface area contributed by atoms with Crippen molar-refractivity contribution in [2.75, 3.05) is 19.7 Å². The standard InChI is InChI=1S/C13H17N3O/c14-10-12-2-1-6-16-13(12)17-9-5-11-3-7-15-8-4-11/h1-2,6,11,15H,3-5,7-9H2. The van der Waals surface area contributed by atoms with Crippen LogP contribution in [0.25, 0.3) is 0 Å². The van der Waals surface area contributed by atoms with E-state index in [1.807, 2.05) is 0 Å². The van der Waals surface area contributed by atoms with Gasteiger partial charge in [0.05, 0.1) is 6.61 Å². The fourth-order valence-electron chi connectivity index (χ4n) is 2.08. The number of aromatic nitrogens is 1. The van der Waals surface area contributed by atoms with Gasteiger partial charge in [-0.15, -0.1) is 0 Å². The summed E-state index contributed by atoms with van der Waals surface area (Å²) in [5, 5.41) is 12.2. The predicted molar refractivity (Wildman–Crippen MR) is 64.7 cm³/mol. The van der Waals surface area contributed by atoms with Gasteiger partial charge in [-0.05, 0) is 50.4 Å². The topological polar surface area (TPSA) is 57.9 Å². The lowest BCUT2D eigenvalue weighted by Gasteiger charge is -2.22. The molecule has 0 atom stereocenters. The van der Waals surface area contributed by atoms with Crippen molar-refractivity contribution >= 4 is 0 Å². The van der Waals surface area contributed by atoms with Crippen LogP contribution in [0.1, 0.15) is 24.8 Å². The molecule has 1 N–H and O–H groups in total. The normalized spacial score (nSPS) is 16.4. The highest BCUT2D eigenvalue weighted by atomic mass is 16.5. The Hall–Kier alpha value is -1.60. The van der Waals surface area contributed by atoms with Crippen LogP contribution in [0.2, 0.25) is 0 Å². The van der Waals surface area contributed by atoms with Gasteiger partial charge in [-0.3, -0.25) is 0 Å². The maximum absolute atomic E-state index is 8.89. The zero-order chi connectivity index (χ0) is 11.9. The van der Waals surface area contributed by atoms with E-state index in [1.165, 1.54) is 12.8 Å². The smallest absolute Gasteiger partial charge is 0.231 e. The molecule has 0 unspecified atom stereocenters. The lowest BCUT2D eigenvalue weighted by atomic mass is 9.95. The van der Waals surface area contributed by atoms with Crippen molar-refractivity contribution in [3.63, 3.8) is 0 Å². The van der Waals surface area contributed by atoms with Gasteiger partial charge in [-0.2, -0.15) is 5.26 Å². The molecule has 0 aliphatic carbocycles. The molecule has 4 heteroatoms. The summed E-state index contributed by atoms with van der Waals surface area (Å²) in [6.45, 7) is 2.87. The molecular weight excluding hydrogens is 214 g/mol. The van der Waals surface area contributed by atoms with Crippen molar-refractivity contribution in [1.82, 2.24) is 10.3 Å². The van der Waals surface area contributed by atoms with Crippen LogP contribution in [0.4, 0.5) is 0 Å². The summed E-state index contributed by atoms with van der Waals surface area (Å²) in [6.07, 6.45) is 5.14. The van der Waals surface area contributed by atoms with Crippen molar-refractivity contribution in [3.8, 4) is 11.9 Å². The van der Waals surface area contributed by atoms with E-state index in [1.54, 1.807) is 18.3 Å². The first-order chi connectivity index (χ1) is 8.40. The molecule has 0 amide bonds. The van der Waals surface area contributed by atoms with Gasteiger partial charge in [0.1, 0.15) is 11.6 Å². The number of piperidine rings is 1. The van der Waals surface area contributed by atoms with Crippen LogP contribution in [0.3, 0.4) is 0 Å². The third-order valence-corrected chi connectivity index (χ3v) is 3.12. The molecule has 4 nitrogen and oxygen atoms in total. The van der Waals surface area contributed by atoms with Gasteiger partial charge in [0, 0.05) is 6.20 Å². The lowest BCUT2D eigenvalue weighted by Crippen LogP contribution is -2.28. The Balaban J connectivity index is 1.79. The summed E-state index contributed by atoms with van der Waals surface area (Å²) < 4.78 is 5.58. The highest BCUT2D eigenvalue weighted by Crippen LogP contribution is 2.18. The molecular formula is C13H17N3O. The molecule has 1 aromatic heterocycles. The summed E-state index contributed by atoms with van der Waals surface area (Å²) in [4.78, 5) is 4.08. The van der Waals surface area contributed by atoms with Crippen molar-refractivity contribution in [2.24, 2.45) is 5.92 Å². The van der Waals surface area contributed by atoms with Gasteiger partial charge < -0.3 is 10.1 Å². The van der Waals surface area contributed by atoms with E-state index in [4.69, 9.17) is 10.00 Å². The van der Waals surface area contributed by atoms with Gasteiger partial charge in [-0.25, -0.2) is 4.98 Å². The molecule has 1 aromatic rings. The van der Waals surface area contributed by atoms with Gasteiger partial charge in [-0.1, -0.05) is 0 Å². The number of nitrogens with one attached hydrogen (secondary N) is 1. The summed E-state index contributed by atoms with van der Waals surface area (Å²) in [5.74, 6) is 1.20. The first kappa shape index (κ1) is 11.9. The molecule has 90 valence electrons. The number of nitrogens with zero attached hydrogens (tertiary/aromatic N) is 2. The molecule has 2 rings (SSSR count). The predicted octanol–water partition coefficient (Wildman–Crippen LogP) is 1.72. The minimum Gasteiger partial charge on any atom is -0.477 e. The van der Waals surface area contributed by atoms with Crippen LogP contribution in [0.15, 0.2) is 18.3 Å². The third-order valence-electron chi connectivity index (χ3n) is 3.12. The van der Waals surface area contributed by atoms with Crippen LogP contribution in [0, 0.1) is 17.2 Å². The van der Waals surface area contributed by atoms with Crippen molar-refractivity contribution in [3.05, 3.63) is 23.9 Å². The second-order valence-electron chi connectivity index (χ2n) is 4.30. The summed E-state index contributed by atoms with van der Waals surface area (Å²) >= 11 is 0. The molecule has 0 spiro atoms. The first-order valence-electron chi connectivity index (χ1n) is 6.09. The zero-order valence-corrected chi connectivity index (χ0v) is 9.85. The lowest BCUT2D eigenvalue weighted by molar-refractivity contribution is 0.245. The van der Waals surface area contributed by atoms with Gasteiger partial charge in [0.15, 0.2) is 0 Å². The quantitative estimate of drug-likeness (QED) is 0.857. The van der Waals surface area contributed by atoms with E-state index in [2.05, 4.69) is 16.4 Å². The van der Waals surface area contributed by atoms with Crippen molar-refractivity contribution in [1.29, 1.82) is 5.26 Å². The summed E-state index contributed by atoms with van der Waals surface area (Å²) in [6, 6.07) is 5.56. The summed E-state index contributed by atoms with van der Waals surface area (Å²) in [7, 11) is 0. The number of hydrogen-bond donors (Lipinski definition) is 1. The number of hydrogen-bond acceptors (Lipinski definition) is 4. The van der Waals surface area contributed by atoms with Crippen LogP contribution in [0.5, 0.6) is 5.88 Å². The molecule has 2 heterocycles. The van der Waals surface area contributed by atoms with E-state index < -0.39 is 0 Å². The fraction of sp³-hybridized carbons (Fsp3) is 0.538. The second kappa shape index (κ2) is 6.21. The Morgan fingerprint density at radius 1 is 1.47 bits per heavy atom. The number of pyridine rings is 1. The minimum absolute atomic E-state index is 0.462. The van der Waals surface area contributed by atoms with Gasteiger partial charge >= 0.3 is 0 Å². The Morgan fingerprint density at radius 3 is 3.06 bits per heavy atom. The van der Waals surface area contributed by atoms with E-state index in [9.17, 15) is 0 Å². The average Bonchev–Trinajstić information content (AvgIpc) is 2.40. The molecule has 1 aliphatic rings. The minimum atomic E-state index is 0.462. The molecule has 17 heavy (non-hydrogen) atoms. The maximum Gasteiger partial charge on any atom is 0.231 e. The largest absolute Gasteiger partial charge is 0.477 e. The Kier molecular flexibility index (Phi) is 4.34. The van der Waals surface area contributed by atoms with Gasteiger partial charge in [0.2, 0.25) is 5.88 Å². The van der Waals surface area contributed by atoms with Gasteiger partial charge in [0.25, 0.3) is 0 Å². The third kappa shape index (κ3) is 3.43. The second-order valence-corrected chi connectivity index (χ2v) is 4.30. The number of nitriles is 1. The molecule has 1 aliphatic heterocycles. The summed E-state index contributed by atoms with van der Waals surface area (Å²) in [5.41, 5.74) is 0.512. The molecule has 0 aromatic carbocycles. The van der Waals surface area contributed by atoms with Crippen LogP contribution in [-0.2, 0) is 0 Å². The monoisotopic (exact) mass is 231 g/mol. The maximum atomic E-state index is 8.89. The van der Waals surface area contributed by atoms with E-state index >= 15 is 0 Å². The van der Waals surface area contributed by atoms with Crippen molar-refractivity contribution in [2.45, 2.75) is 19.3 Å². The SMILES string of the molecule is N#Cc1cccnc1OCCC1CCNCC1. The first-order valence-corrected chi connectivity index (χ1v) is 6.09. The number of rotatable bonds is 4. The van der Waals surface area contributed by atoms with Crippen LogP contribution >= 0.6 is 0 Å². The van der Waals surface area contributed by atoms with Crippen molar-refractivity contribution < 1.29 is 4.74 Å². The highest BCUT2D eigenvalue weighted by Gasteiger charge is 2.13. The zero-order valence-electron chi connectivity index (χ0n) is 9.85. The molecule has 1 fully saturated rings. The highest BCUT2D eigenvalue weighted by molar-refractivity contribution is 5.36. The molecule has 0 saturated carbocycles. The average molecular weight is 231 g/mol. The molecule has 0 bridgehead atoms. The van der Waals surface area contributed by atoms with E-state index in [0.717, 1.165) is 25.4 Å². The van der Waals surface area contributed by atoms with E-state index in [0.29, 0.717) is 18.1 Å². The Bertz CT molecular complexity index is 394. The Morgan fingerprint density at radius 2 is 2.29 bits per heavy atom.